The molecule has 0 radical (unpaired) electrons. The van der Waals surface area contributed by atoms with E-state index in [1.165, 1.54) is 43.7 Å². The van der Waals surface area contributed by atoms with Crippen LogP contribution in [0.5, 0.6) is 0 Å². The zero-order chi connectivity index (χ0) is 15.6. The molecule has 0 bridgehead atoms. The van der Waals surface area contributed by atoms with Crippen LogP contribution in [0.2, 0.25) is 5.02 Å². The lowest BCUT2D eigenvalue weighted by molar-refractivity contribution is 1.34. The Morgan fingerprint density at radius 1 is 0.696 bits per heavy atom. The van der Waals surface area contributed by atoms with Crippen molar-refractivity contribution in [1.82, 2.24) is 4.40 Å². The van der Waals surface area contributed by atoms with E-state index in [-0.39, 0.29) is 0 Å². The van der Waals surface area contributed by atoms with Crippen molar-refractivity contribution in [2.24, 2.45) is 0 Å². The first kappa shape index (κ1) is 13.0. The van der Waals surface area contributed by atoms with Crippen LogP contribution >= 0.6 is 11.6 Å². The van der Waals surface area contributed by atoms with Crippen molar-refractivity contribution in [3.8, 4) is 0 Å². The van der Waals surface area contributed by atoms with Gasteiger partial charge in [0.25, 0.3) is 0 Å². The molecule has 110 valence electrons. The molecule has 0 amide bonds. The normalized spacial score (nSPS) is 11.9. The summed E-state index contributed by atoms with van der Waals surface area (Å²) in [6, 6.07) is 23.4. The molecule has 0 fully saturated rings. The van der Waals surface area contributed by atoms with Gasteiger partial charge in [0.05, 0.1) is 16.6 Å². The molecular formula is C21H14ClN. The number of para-hydroxylation sites is 1. The zero-order valence-corrected chi connectivity index (χ0v) is 13.4. The van der Waals surface area contributed by atoms with Crippen LogP contribution in [0.15, 0.2) is 66.7 Å². The molecule has 0 saturated heterocycles. The van der Waals surface area contributed by atoms with Crippen LogP contribution in [0.4, 0.5) is 0 Å². The number of aromatic nitrogens is 1. The average molecular weight is 316 g/mol. The van der Waals surface area contributed by atoms with E-state index in [0.29, 0.717) is 0 Å². The summed E-state index contributed by atoms with van der Waals surface area (Å²) in [5.74, 6) is 0. The van der Waals surface area contributed by atoms with Crippen molar-refractivity contribution in [2.45, 2.75) is 6.92 Å². The van der Waals surface area contributed by atoms with Gasteiger partial charge in [-0.3, -0.25) is 0 Å². The summed E-state index contributed by atoms with van der Waals surface area (Å²) in [4.78, 5) is 0. The van der Waals surface area contributed by atoms with Gasteiger partial charge in [-0.05, 0) is 36.1 Å². The van der Waals surface area contributed by atoms with Gasteiger partial charge < -0.3 is 4.40 Å². The maximum absolute atomic E-state index is 6.28. The standard InChI is InChI=1S/C21H14ClN/c1-13-15-11-10-14(22)12-20(15)23-19-9-5-4-7-17(19)16-6-2-3-8-18(16)21(13)23/h2-12H,1H3. The molecule has 2 aromatic heterocycles. The summed E-state index contributed by atoms with van der Waals surface area (Å²) in [6.07, 6.45) is 0. The third-order valence-electron chi connectivity index (χ3n) is 4.80. The maximum Gasteiger partial charge on any atom is 0.0576 e. The summed E-state index contributed by atoms with van der Waals surface area (Å²) >= 11 is 6.28. The number of hydrogen-bond acceptors (Lipinski definition) is 0. The molecule has 2 heterocycles. The molecule has 2 heteroatoms. The largest absolute Gasteiger partial charge is 0.308 e. The van der Waals surface area contributed by atoms with E-state index in [2.05, 4.69) is 72.0 Å². The van der Waals surface area contributed by atoms with E-state index in [1.54, 1.807) is 0 Å². The first-order valence-electron chi connectivity index (χ1n) is 7.75. The number of fused-ring (bicyclic) bond motifs is 8. The van der Waals surface area contributed by atoms with Crippen LogP contribution in [0.25, 0.3) is 38.1 Å². The van der Waals surface area contributed by atoms with Gasteiger partial charge in [0.15, 0.2) is 0 Å². The topological polar surface area (TPSA) is 4.41 Å². The second kappa shape index (κ2) is 4.50. The third-order valence-corrected chi connectivity index (χ3v) is 5.04. The van der Waals surface area contributed by atoms with E-state index in [0.717, 1.165) is 5.02 Å². The number of aryl methyl sites for hydroxylation is 1. The Bertz CT molecular complexity index is 1230. The number of benzene rings is 3. The molecule has 0 spiro atoms. The molecule has 0 aliphatic carbocycles. The maximum atomic E-state index is 6.28. The first-order valence-corrected chi connectivity index (χ1v) is 8.13. The van der Waals surface area contributed by atoms with E-state index in [9.17, 15) is 0 Å². The highest BCUT2D eigenvalue weighted by molar-refractivity contribution is 6.31. The van der Waals surface area contributed by atoms with E-state index < -0.39 is 0 Å². The van der Waals surface area contributed by atoms with Gasteiger partial charge in [-0.25, -0.2) is 0 Å². The summed E-state index contributed by atoms with van der Waals surface area (Å²) in [6.45, 7) is 2.20. The molecular weight excluding hydrogens is 302 g/mol. The molecule has 1 nitrogen and oxygen atoms in total. The van der Waals surface area contributed by atoms with Crippen LogP contribution < -0.4 is 0 Å². The molecule has 5 aromatic rings. The summed E-state index contributed by atoms with van der Waals surface area (Å²) in [5, 5.41) is 5.89. The monoisotopic (exact) mass is 315 g/mol. The Balaban J connectivity index is 2.26. The summed E-state index contributed by atoms with van der Waals surface area (Å²) < 4.78 is 2.36. The van der Waals surface area contributed by atoms with Gasteiger partial charge in [-0.2, -0.15) is 0 Å². The Hall–Kier alpha value is -2.51. The van der Waals surface area contributed by atoms with Crippen molar-refractivity contribution in [3.63, 3.8) is 0 Å². The van der Waals surface area contributed by atoms with Gasteiger partial charge in [0.2, 0.25) is 0 Å². The number of hydrogen-bond donors (Lipinski definition) is 0. The molecule has 3 aromatic carbocycles. The van der Waals surface area contributed by atoms with Crippen molar-refractivity contribution >= 4 is 49.7 Å². The van der Waals surface area contributed by atoms with E-state index >= 15 is 0 Å². The summed E-state index contributed by atoms with van der Waals surface area (Å²) in [7, 11) is 0. The molecule has 0 N–H and O–H groups in total. The number of halogens is 1. The van der Waals surface area contributed by atoms with E-state index in [4.69, 9.17) is 11.6 Å². The fourth-order valence-corrected chi connectivity index (χ4v) is 3.98. The quantitative estimate of drug-likeness (QED) is 0.293. The van der Waals surface area contributed by atoms with Gasteiger partial charge >= 0.3 is 0 Å². The minimum atomic E-state index is 0.772. The van der Waals surface area contributed by atoms with Crippen molar-refractivity contribution in [2.75, 3.05) is 0 Å². The van der Waals surface area contributed by atoms with Crippen LogP contribution in [-0.2, 0) is 0 Å². The van der Waals surface area contributed by atoms with Crippen molar-refractivity contribution in [3.05, 3.63) is 77.3 Å². The van der Waals surface area contributed by atoms with Crippen LogP contribution in [0.1, 0.15) is 5.56 Å². The fourth-order valence-electron chi connectivity index (χ4n) is 3.82. The van der Waals surface area contributed by atoms with Crippen molar-refractivity contribution in [1.29, 1.82) is 0 Å². The van der Waals surface area contributed by atoms with Crippen LogP contribution in [0, 0.1) is 6.92 Å². The Kier molecular flexibility index (Phi) is 2.54. The molecule has 5 rings (SSSR count). The highest BCUT2D eigenvalue weighted by atomic mass is 35.5. The highest BCUT2D eigenvalue weighted by Gasteiger charge is 2.15. The molecule has 0 atom stereocenters. The Labute approximate surface area is 138 Å². The van der Waals surface area contributed by atoms with Gasteiger partial charge in [-0.1, -0.05) is 60.1 Å². The summed E-state index contributed by atoms with van der Waals surface area (Å²) in [5.41, 5.74) is 4.98. The zero-order valence-electron chi connectivity index (χ0n) is 12.7. The van der Waals surface area contributed by atoms with E-state index in [1.807, 2.05) is 6.07 Å². The van der Waals surface area contributed by atoms with Crippen LogP contribution in [0.3, 0.4) is 0 Å². The average Bonchev–Trinajstić information content (AvgIpc) is 2.88. The number of rotatable bonds is 0. The lowest BCUT2D eigenvalue weighted by Gasteiger charge is -2.10. The molecule has 23 heavy (non-hydrogen) atoms. The molecule has 0 aliphatic heterocycles. The van der Waals surface area contributed by atoms with Gasteiger partial charge in [0.1, 0.15) is 0 Å². The Morgan fingerprint density at radius 3 is 2.22 bits per heavy atom. The molecule has 0 aliphatic rings. The molecule has 0 unspecified atom stereocenters. The van der Waals surface area contributed by atoms with Gasteiger partial charge in [-0.15, -0.1) is 0 Å². The van der Waals surface area contributed by atoms with Gasteiger partial charge in [0, 0.05) is 21.2 Å². The minimum absolute atomic E-state index is 0.772. The SMILES string of the molecule is Cc1c2ccc(Cl)cc2n2c3ccccc3c3ccccc3c12. The van der Waals surface area contributed by atoms with Crippen molar-refractivity contribution < 1.29 is 0 Å². The van der Waals surface area contributed by atoms with Crippen LogP contribution in [-0.4, -0.2) is 4.40 Å². The second-order valence-electron chi connectivity index (χ2n) is 6.03. The number of nitrogens with zero attached hydrogens (tertiary/aromatic N) is 1. The predicted molar refractivity (Wildman–Crippen MR) is 99.7 cm³/mol. The Morgan fingerprint density at radius 2 is 1.39 bits per heavy atom. The lowest BCUT2D eigenvalue weighted by Crippen LogP contribution is -1.91. The highest BCUT2D eigenvalue weighted by Crippen LogP contribution is 2.37. The predicted octanol–water partition coefficient (Wildman–Crippen LogP) is 6.36. The minimum Gasteiger partial charge on any atom is -0.308 e. The first-order chi connectivity index (χ1) is 11.3. The molecule has 0 saturated carbocycles. The number of pyridine rings is 1. The lowest BCUT2D eigenvalue weighted by atomic mass is 10.0. The third kappa shape index (κ3) is 1.63. The smallest absolute Gasteiger partial charge is 0.0576 e. The second-order valence-corrected chi connectivity index (χ2v) is 6.47. The fraction of sp³-hybridized carbons (Fsp3) is 0.0476.